The number of allylic oxidation sites excluding steroid dienone is 2. The smallest absolute Gasteiger partial charge is 0.163 e. The number of nitrogens with zero attached hydrogens (tertiary/aromatic N) is 4. The van der Waals surface area contributed by atoms with Crippen LogP contribution in [0.5, 0.6) is 0 Å². The van der Waals surface area contributed by atoms with Crippen molar-refractivity contribution in [3.63, 3.8) is 0 Å². The van der Waals surface area contributed by atoms with Crippen LogP contribution in [0.2, 0.25) is 0 Å². The third-order valence-corrected chi connectivity index (χ3v) is 4.17. The molecule has 0 atom stereocenters. The number of hydrogen-bond donors (Lipinski definition) is 1. The van der Waals surface area contributed by atoms with Gasteiger partial charge in [0.15, 0.2) is 5.57 Å². The predicted molar refractivity (Wildman–Crippen MR) is 103 cm³/mol. The molecule has 0 saturated heterocycles. The van der Waals surface area contributed by atoms with E-state index in [1.54, 1.807) is 12.1 Å². The maximum absolute atomic E-state index is 9.24. The highest BCUT2D eigenvalue weighted by Crippen LogP contribution is 2.21. The summed E-state index contributed by atoms with van der Waals surface area (Å²) in [5, 5.41) is 31.2. The zero-order chi connectivity index (χ0) is 19.1. The summed E-state index contributed by atoms with van der Waals surface area (Å²) in [6.45, 7) is 0. The lowest BCUT2D eigenvalue weighted by Crippen LogP contribution is -2.04. The lowest BCUT2D eigenvalue weighted by molar-refractivity contribution is 0.923. The molecule has 0 saturated carbocycles. The van der Waals surface area contributed by atoms with Crippen molar-refractivity contribution in [3.05, 3.63) is 83.2 Å². The van der Waals surface area contributed by atoms with Gasteiger partial charge in [0.2, 0.25) is 0 Å². The van der Waals surface area contributed by atoms with E-state index in [1.807, 2.05) is 60.7 Å². The summed E-state index contributed by atoms with van der Waals surface area (Å²) in [5.41, 5.74) is 3.35. The van der Waals surface area contributed by atoms with Crippen molar-refractivity contribution < 1.29 is 0 Å². The van der Waals surface area contributed by atoms with Crippen LogP contribution in [0, 0.1) is 34.0 Å². The average Bonchev–Trinajstić information content (AvgIpc) is 2.73. The fraction of sp³-hybridized carbons (Fsp3) is 0.0909. The minimum Gasteiger partial charge on any atom is -0.345 e. The van der Waals surface area contributed by atoms with E-state index in [1.165, 1.54) is 0 Å². The fourth-order valence-electron chi connectivity index (χ4n) is 2.79. The third-order valence-electron chi connectivity index (χ3n) is 4.17. The van der Waals surface area contributed by atoms with Crippen LogP contribution in [0.1, 0.15) is 11.3 Å². The van der Waals surface area contributed by atoms with Gasteiger partial charge in [-0.05, 0) is 36.6 Å². The molecule has 128 valence electrons. The van der Waals surface area contributed by atoms with Crippen LogP contribution in [0.4, 0.5) is 5.69 Å². The first-order valence-electron chi connectivity index (χ1n) is 8.39. The number of fused-ring (bicyclic) bond motifs is 1. The lowest BCUT2D eigenvalue weighted by Gasteiger charge is -2.11. The average molecular weight is 349 g/mol. The van der Waals surface area contributed by atoms with Gasteiger partial charge in [-0.2, -0.15) is 15.8 Å². The Morgan fingerprint density at radius 2 is 1.56 bits per heavy atom. The number of rotatable bonds is 5. The fourth-order valence-corrected chi connectivity index (χ4v) is 2.79. The van der Waals surface area contributed by atoms with Crippen LogP contribution < -0.4 is 5.32 Å². The van der Waals surface area contributed by atoms with E-state index >= 15 is 0 Å². The first-order chi connectivity index (χ1) is 13.2. The number of nitrogens with one attached hydrogen (secondary N) is 1. The summed E-state index contributed by atoms with van der Waals surface area (Å²) in [6, 6.07) is 25.0. The third kappa shape index (κ3) is 4.10. The molecule has 0 radical (unpaired) electrons. The minimum absolute atomic E-state index is 0.0451. The molecule has 1 aromatic heterocycles. The molecule has 0 unspecified atom stereocenters. The van der Waals surface area contributed by atoms with Gasteiger partial charge in [-0.25, -0.2) is 0 Å². The molecular formula is C22H15N5. The van der Waals surface area contributed by atoms with Crippen LogP contribution in [0.3, 0.4) is 0 Å². The van der Waals surface area contributed by atoms with Gasteiger partial charge in [0, 0.05) is 16.8 Å². The summed E-state index contributed by atoms with van der Waals surface area (Å²) in [6.07, 6.45) is 1.44. The first kappa shape index (κ1) is 17.7. The van der Waals surface area contributed by atoms with Gasteiger partial charge in [-0.15, -0.1) is 0 Å². The molecule has 0 amide bonds. The quantitative estimate of drug-likeness (QED) is 0.694. The zero-order valence-corrected chi connectivity index (χ0v) is 14.5. The van der Waals surface area contributed by atoms with E-state index < -0.39 is 0 Å². The van der Waals surface area contributed by atoms with Gasteiger partial charge in [-0.3, -0.25) is 4.98 Å². The second-order valence-corrected chi connectivity index (χ2v) is 5.86. The summed E-state index contributed by atoms with van der Waals surface area (Å²) in [7, 11) is 0. The maximum atomic E-state index is 9.24. The molecule has 0 aliphatic heterocycles. The Morgan fingerprint density at radius 1 is 0.815 bits per heavy atom. The molecule has 0 bridgehead atoms. The van der Waals surface area contributed by atoms with Gasteiger partial charge >= 0.3 is 0 Å². The van der Waals surface area contributed by atoms with Crippen molar-refractivity contribution >= 4 is 16.6 Å². The molecular weight excluding hydrogens is 334 g/mol. The molecule has 5 heteroatoms. The molecule has 2 aromatic carbocycles. The standard InChI is InChI=1S/C22H15N5/c23-13-18(14-24)22(15-25)27-21-8-4-2-6-17(21)10-12-19-11-9-16-5-1-3-7-20(16)26-19/h1-9,11,27H,10,12H2. The van der Waals surface area contributed by atoms with Crippen molar-refractivity contribution in [1.29, 1.82) is 15.8 Å². The van der Waals surface area contributed by atoms with E-state index in [-0.39, 0.29) is 11.3 Å². The van der Waals surface area contributed by atoms with Crippen LogP contribution in [-0.2, 0) is 12.8 Å². The molecule has 0 fully saturated rings. The Morgan fingerprint density at radius 3 is 2.33 bits per heavy atom. The number of hydrogen-bond acceptors (Lipinski definition) is 5. The monoisotopic (exact) mass is 349 g/mol. The maximum Gasteiger partial charge on any atom is 0.163 e. The highest BCUT2D eigenvalue weighted by molar-refractivity contribution is 5.78. The normalized spacial score (nSPS) is 9.67. The molecule has 5 nitrogen and oxygen atoms in total. The molecule has 0 aliphatic rings. The number of nitriles is 3. The Balaban J connectivity index is 1.82. The Bertz CT molecular complexity index is 1120. The zero-order valence-electron chi connectivity index (χ0n) is 14.5. The van der Waals surface area contributed by atoms with Crippen LogP contribution in [-0.4, -0.2) is 4.98 Å². The number of benzene rings is 2. The predicted octanol–water partition coefficient (Wildman–Crippen LogP) is 4.26. The number of aromatic nitrogens is 1. The SMILES string of the molecule is N#CC(C#N)=C(C#N)Nc1ccccc1CCc1ccc2ccccc2n1. The van der Waals surface area contributed by atoms with Crippen molar-refractivity contribution in [2.24, 2.45) is 0 Å². The van der Waals surface area contributed by atoms with E-state index in [4.69, 9.17) is 10.5 Å². The Hall–Kier alpha value is -4.14. The van der Waals surface area contributed by atoms with Crippen LogP contribution in [0.15, 0.2) is 71.9 Å². The van der Waals surface area contributed by atoms with Crippen molar-refractivity contribution in [2.45, 2.75) is 12.8 Å². The molecule has 3 rings (SSSR count). The lowest BCUT2D eigenvalue weighted by atomic mass is 10.0. The molecule has 27 heavy (non-hydrogen) atoms. The van der Waals surface area contributed by atoms with Gasteiger partial charge in [0.25, 0.3) is 0 Å². The minimum atomic E-state index is -0.233. The second-order valence-electron chi connectivity index (χ2n) is 5.86. The highest BCUT2D eigenvalue weighted by Gasteiger charge is 2.09. The summed E-state index contributed by atoms with van der Waals surface area (Å²) >= 11 is 0. The molecule has 0 spiro atoms. The topological polar surface area (TPSA) is 96.3 Å². The van der Waals surface area contributed by atoms with Crippen molar-refractivity contribution in [1.82, 2.24) is 4.98 Å². The Kier molecular flexibility index (Phi) is 5.43. The van der Waals surface area contributed by atoms with E-state index in [0.29, 0.717) is 12.1 Å². The summed E-state index contributed by atoms with van der Waals surface area (Å²) in [4.78, 5) is 4.68. The molecule has 0 aliphatic carbocycles. The van der Waals surface area contributed by atoms with Gasteiger partial charge in [0.1, 0.15) is 23.9 Å². The van der Waals surface area contributed by atoms with E-state index in [0.717, 1.165) is 28.6 Å². The second kappa shape index (κ2) is 8.30. The van der Waals surface area contributed by atoms with Crippen LogP contribution in [0.25, 0.3) is 10.9 Å². The molecule has 1 N–H and O–H groups in total. The van der Waals surface area contributed by atoms with Gasteiger partial charge in [-0.1, -0.05) is 42.5 Å². The highest BCUT2D eigenvalue weighted by atomic mass is 14.9. The Labute approximate surface area is 157 Å². The molecule has 1 heterocycles. The van der Waals surface area contributed by atoms with E-state index in [9.17, 15) is 5.26 Å². The van der Waals surface area contributed by atoms with Gasteiger partial charge < -0.3 is 5.32 Å². The van der Waals surface area contributed by atoms with Crippen molar-refractivity contribution in [3.8, 4) is 18.2 Å². The summed E-state index contributed by atoms with van der Waals surface area (Å²) < 4.78 is 0. The van der Waals surface area contributed by atoms with Crippen molar-refractivity contribution in [2.75, 3.05) is 5.32 Å². The number of pyridine rings is 1. The summed E-state index contributed by atoms with van der Waals surface area (Å²) in [5.74, 6) is 0. The largest absolute Gasteiger partial charge is 0.345 e. The number of aryl methyl sites for hydroxylation is 2. The van der Waals surface area contributed by atoms with E-state index in [2.05, 4.69) is 16.4 Å². The number of anilines is 1. The molecule has 3 aromatic rings. The number of para-hydroxylation sites is 2. The van der Waals surface area contributed by atoms with Gasteiger partial charge in [0.05, 0.1) is 5.52 Å². The van der Waals surface area contributed by atoms with Crippen LogP contribution >= 0.6 is 0 Å². The first-order valence-corrected chi connectivity index (χ1v) is 8.39.